The van der Waals surface area contributed by atoms with Gasteiger partial charge in [-0.1, -0.05) is 6.07 Å². The summed E-state index contributed by atoms with van der Waals surface area (Å²) < 4.78 is 8.11. The van der Waals surface area contributed by atoms with Gasteiger partial charge in [-0.15, -0.1) is 11.3 Å². The van der Waals surface area contributed by atoms with E-state index in [0.29, 0.717) is 0 Å². The van der Waals surface area contributed by atoms with Gasteiger partial charge in [0.15, 0.2) is 0 Å². The van der Waals surface area contributed by atoms with E-state index in [0.717, 1.165) is 18.9 Å². The summed E-state index contributed by atoms with van der Waals surface area (Å²) in [4.78, 5) is 1.12. The Hall–Kier alpha value is -0.360. The molecule has 2 unspecified atom stereocenters. The summed E-state index contributed by atoms with van der Waals surface area (Å²) in [5, 5.41) is 0. The van der Waals surface area contributed by atoms with Crippen LogP contribution in [0.2, 0.25) is 0 Å². The average Bonchev–Trinajstić information content (AvgIpc) is 2.74. The Labute approximate surface area is 134 Å². The van der Waals surface area contributed by atoms with E-state index in [1.807, 2.05) is 44.2 Å². The standard InChI is InChI=1S/C14H15Br2NOS/c1-8-3-4-11(10(15)7-8)18-14(9(2)17)12-5-6-13(16)19-12/h3-7,9,14H,17H2,1-2H3. The first-order valence-electron chi connectivity index (χ1n) is 5.91. The minimum atomic E-state index is -0.143. The maximum atomic E-state index is 6.08. The van der Waals surface area contributed by atoms with Crippen LogP contribution in [0.15, 0.2) is 38.6 Å². The summed E-state index contributed by atoms with van der Waals surface area (Å²) in [5.41, 5.74) is 7.25. The molecule has 0 spiro atoms. The number of nitrogens with two attached hydrogens (primary N) is 1. The first-order chi connectivity index (χ1) is 8.97. The van der Waals surface area contributed by atoms with Gasteiger partial charge in [-0.3, -0.25) is 0 Å². The molecule has 0 fully saturated rings. The molecule has 1 aromatic heterocycles. The maximum absolute atomic E-state index is 6.08. The highest BCUT2D eigenvalue weighted by Gasteiger charge is 2.21. The highest BCUT2D eigenvalue weighted by atomic mass is 79.9. The SMILES string of the molecule is Cc1ccc(OC(c2ccc(Br)s2)C(C)N)c(Br)c1. The number of benzene rings is 1. The molecule has 2 rings (SSSR count). The van der Waals surface area contributed by atoms with Crippen LogP contribution in [0.1, 0.15) is 23.5 Å². The van der Waals surface area contributed by atoms with E-state index in [4.69, 9.17) is 10.5 Å². The monoisotopic (exact) mass is 403 g/mol. The Morgan fingerprint density at radius 2 is 1.95 bits per heavy atom. The summed E-state index contributed by atoms with van der Waals surface area (Å²) in [6.45, 7) is 4.01. The third-order valence-corrected chi connectivity index (χ3v) is 5.00. The summed E-state index contributed by atoms with van der Waals surface area (Å²) in [6, 6.07) is 10.0. The van der Waals surface area contributed by atoms with Gasteiger partial charge >= 0.3 is 0 Å². The van der Waals surface area contributed by atoms with Crippen molar-refractivity contribution in [1.82, 2.24) is 0 Å². The van der Waals surface area contributed by atoms with Crippen molar-refractivity contribution in [2.45, 2.75) is 26.0 Å². The molecule has 2 N–H and O–H groups in total. The van der Waals surface area contributed by atoms with E-state index < -0.39 is 0 Å². The molecule has 2 aromatic rings. The second kappa shape index (κ2) is 6.39. The normalized spacial score (nSPS) is 14.2. The highest BCUT2D eigenvalue weighted by Crippen LogP contribution is 2.35. The van der Waals surface area contributed by atoms with Crippen LogP contribution in [0, 0.1) is 6.92 Å². The van der Waals surface area contributed by atoms with Gasteiger partial charge in [0.2, 0.25) is 0 Å². The van der Waals surface area contributed by atoms with E-state index in [2.05, 4.69) is 31.9 Å². The third-order valence-electron chi connectivity index (χ3n) is 2.69. The van der Waals surface area contributed by atoms with Crippen LogP contribution in [-0.2, 0) is 0 Å². The quantitative estimate of drug-likeness (QED) is 0.773. The number of aryl methyl sites for hydroxylation is 1. The van der Waals surface area contributed by atoms with E-state index in [9.17, 15) is 0 Å². The van der Waals surface area contributed by atoms with Crippen molar-refractivity contribution >= 4 is 43.2 Å². The van der Waals surface area contributed by atoms with Crippen LogP contribution in [0.4, 0.5) is 0 Å². The largest absolute Gasteiger partial charge is 0.482 e. The fourth-order valence-corrected chi connectivity index (χ4v) is 3.90. The van der Waals surface area contributed by atoms with Crippen LogP contribution >= 0.6 is 43.2 Å². The predicted molar refractivity (Wildman–Crippen MR) is 87.9 cm³/mol. The van der Waals surface area contributed by atoms with Gasteiger partial charge < -0.3 is 10.5 Å². The first kappa shape index (κ1) is 15.0. The number of rotatable bonds is 4. The highest BCUT2D eigenvalue weighted by molar-refractivity contribution is 9.11. The molecule has 0 saturated heterocycles. The zero-order valence-electron chi connectivity index (χ0n) is 10.7. The zero-order valence-corrected chi connectivity index (χ0v) is 14.7. The molecular weight excluding hydrogens is 390 g/mol. The van der Waals surface area contributed by atoms with Crippen molar-refractivity contribution in [3.05, 3.63) is 49.0 Å². The Bertz CT molecular complexity index is 568. The van der Waals surface area contributed by atoms with E-state index in [1.165, 1.54) is 5.56 Å². The second-order valence-electron chi connectivity index (χ2n) is 4.47. The number of hydrogen-bond donors (Lipinski definition) is 1. The van der Waals surface area contributed by atoms with Gasteiger partial charge in [-0.25, -0.2) is 0 Å². The third kappa shape index (κ3) is 3.81. The molecule has 0 aliphatic heterocycles. The lowest BCUT2D eigenvalue weighted by Crippen LogP contribution is -2.28. The molecule has 0 amide bonds. The lowest BCUT2D eigenvalue weighted by atomic mass is 10.1. The van der Waals surface area contributed by atoms with E-state index in [1.54, 1.807) is 11.3 Å². The van der Waals surface area contributed by atoms with E-state index in [-0.39, 0.29) is 12.1 Å². The van der Waals surface area contributed by atoms with Gasteiger partial charge in [-0.2, -0.15) is 0 Å². The van der Waals surface area contributed by atoms with Gasteiger partial charge in [0.25, 0.3) is 0 Å². The predicted octanol–water partition coefficient (Wildman–Crippen LogP) is 5.05. The lowest BCUT2D eigenvalue weighted by Gasteiger charge is -2.22. The maximum Gasteiger partial charge on any atom is 0.148 e. The van der Waals surface area contributed by atoms with Crippen molar-refractivity contribution in [3.63, 3.8) is 0 Å². The molecule has 2 nitrogen and oxygen atoms in total. The molecule has 0 bridgehead atoms. The van der Waals surface area contributed by atoms with Crippen molar-refractivity contribution in [2.24, 2.45) is 5.73 Å². The van der Waals surface area contributed by atoms with Gasteiger partial charge in [-0.05, 0) is 75.5 Å². The topological polar surface area (TPSA) is 35.2 Å². The fraction of sp³-hybridized carbons (Fsp3) is 0.286. The minimum absolute atomic E-state index is 0.0845. The molecule has 2 atom stereocenters. The Morgan fingerprint density at radius 1 is 1.21 bits per heavy atom. The zero-order chi connectivity index (χ0) is 14.0. The molecule has 102 valence electrons. The molecule has 5 heteroatoms. The second-order valence-corrected chi connectivity index (χ2v) is 7.82. The minimum Gasteiger partial charge on any atom is -0.482 e. The van der Waals surface area contributed by atoms with Crippen molar-refractivity contribution < 1.29 is 4.74 Å². The van der Waals surface area contributed by atoms with Gasteiger partial charge in [0.05, 0.1) is 8.26 Å². The van der Waals surface area contributed by atoms with E-state index >= 15 is 0 Å². The van der Waals surface area contributed by atoms with Gasteiger partial charge in [0, 0.05) is 10.9 Å². The van der Waals surface area contributed by atoms with Crippen LogP contribution in [0.25, 0.3) is 0 Å². The molecule has 1 aromatic carbocycles. The van der Waals surface area contributed by atoms with Crippen molar-refractivity contribution in [3.8, 4) is 5.75 Å². The summed E-state index contributed by atoms with van der Waals surface area (Å²) in [5.74, 6) is 0.817. The van der Waals surface area contributed by atoms with Gasteiger partial charge in [0.1, 0.15) is 11.9 Å². The van der Waals surface area contributed by atoms with Crippen LogP contribution in [0.3, 0.4) is 0 Å². The van der Waals surface area contributed by atoms with Crippen LogP contribution in [0.5, 0.6) is 5.75 Å². The van der Waals surface area contributed by atoms with Crippen molar-refractivity contribution in [1.29, 1.82) is 0 Å². The molecule has 0 saturated carbocycles. The summed E-state index contributed by atoms with van der Waals surface area (Å²) >= 11 is 8.65. The number of halogens is 2. The smallest absolute Gasteiger partial charge is 0.148 e. The Kier molecular flexibility index (Phi) is 5.06. The van der Waals surface area contributed by atoms with Crippen molar-refractivity contribution in [2.75, 3.05) is 0 Å². The molecule has 0 aliphatic carbocycles. The molecule has 19 heavy (non-hydrogen) atoms. The molecule has 0 radical (unpaired) electrons. The Morgan fingerprint density at radius 3 is 2.47 bits per heavy atom. The van der Waals surface area contributed by atoms with Crippen LogP contribution in [-0.4, -0.2) is 6.04 Å². The molecular formula is C14H15Br2NOS. The fourth-order valence-electron chi connectivity index (χ4n) is 1.74. The summed E-state index contributed by atoms with van der Waals surface area (Å²) in [6.07, 6.45) is -0.143. The number of ether oxygens (including phenoxy) is 1. The average molecular weight is 405 g/mol. The summed E-state index contributed by atoms with van der Waals surface area (Å²) in [7, 11) is 0. The Balaban J connectivity index is 2.26. The first-order valence-corrected chi connectivity index (χ1v) is 8.31. The lowest BCUT2D eigenvalue weighted by molar-refractivity contribution is 0.183. The molecule has 0 aliphatic rings. The number of thiophene rings is 1. The van der Waals surface area contributed by atoms with Crippen LogP contribution < -0.4 is 10.5 Å². The number of hydrogen-bond acceptors (Lipinski definition) is 3. The molecule has 1 heterocycles.